The standard InChI is InChI=1S/C14H21NO4/c1-15-9(6-16)13(18)12-8(14(15)19)5-7-3-2-4-10(17)11(7)12/h7-12,16-17H,2-6H2,1H3. The zero-order valence-corrected chi connectivity index (χ0v) is 11.2. The highest BCUT2D eigenvalue weighted by atomic mass is 16.3. The van der Waals surface area contributed by atoms with Gasteiger partial charge in [-0.05, 0) is 31.1 Å². The molecule has 0 aromatic heterocycles. The maximum atomic E-state index is 12.5. The molecule has 6 atom stereocenters. The van der Waals surface area contributed by atoms with Crippen LogP contribution in [0.4, 0.5) is 0 Å². The molecule has 0 spiro atoms. The second kappa shape index (κ2) is 4.56. The molecule has 0 bridgehead atoms. The summed E-state index contributed by atoms with van der Waals surface area (Å²) in [5.74, 6) is -0.520. The van der Waals surface area contributed by atoms with Gasteiger partial charge in [-0.15, -0.1) is 0 Å². The Morgan fingerprint density at radius 3 is 2.74 bits per heavy atom. The first-order valence-corrected chi connectivity index (χ1v) is 7.15. The summed E-state index contributed by atoms with van der Waals surface area (Å²) >= 11 is 0. The van der Waals surface area contributed by atoms with Gasteiger partial charge in [-0.3, -0.25) is 9.59 Å². The number of amides is 1. The van der Waals surface area contributed by atoms with Crippen molar-refractivity contribution in [2.24, 2.45) is 23.7 Å². The number of hydrogen-bond acceptors (Lipinski definition) is 4. The van der Waals surface area contributed by atoms with E-state index in [0.717, 1.165) is 25.7 Å². The van der Waals surface area contributed by atoms with Crippen LogP contribution in [-0.4, -0.2) is 52.6 Å². The predicted molar refractivity (Wildman–Crippen MR) is 67.1 cm³/mol. The molecule has 3 fully saturated rings. The van der Waals surface area contributed by atoms with Gasteiger partial charge in [0.1, 0.15) is 6.04 Å². The van der Waals surface area contributed by atoms with E-state index in [1.54, 1.807) is 7.05 Å². The second-order valence-electron chi connectivity index (χ2n) is 6.25. The van der Waals surface area contributed by atoms with E-state index in [-0.39, 0.29) is 42.0 Å². The molecule has 3 aliphatic rings. The normalized spacial score (nSPS) is 46.2. The number of Topliss-reactive ketones (excluding diaryl/α,β-unsaturated/α-hetero) is 1. The average molecular weight is 267 g/mol. The van der Waals surface area contributed by atoms with Crippen molar-refractivity contribution in [3.05, 3.63) is 0 Å². The van der Waals surface area contributed by atoms with Crippen LogP contribution in [0.15, 0.2) is 0 Å². The Morgan fingerprint density at radius 1 is 1.32 bits per heavy atom. The third-order valence-electron chi connectivity index (χ3n) is 5.43. The Morgan fingerprint density at radius 2 is 2.05 bits per heavy atom. The minimum Gasteiger partial charge on any atom is -0.394 e. The van der Waals surface area contributed by atoms with E-state index >= 15 is 0 Å². The molecule has 2 aliphatic carbocycles. The molecule has 1 heterocycles. The fourth-order valence-electron chi connectivity index (χ4n) is 4.52. The Labute approximate surface area is 112 Å². The van der Waals surface area contributed by atoms with Gasteiger partial charge >= 0.3 is 0 Å². The van der Waals surface area contributed by atoms with Crippen LogP contribution in [0.25, 0.3) is 0 Å². The van der Waals surface area contributed by atoms with Crippen molar-refractivity contribution in [2.45, 2.75) is 37.8 Å². The summed E-state index contributed by atoms with van der Waals surface area (Å²) in [6.45, 7) is -0.322. The van der Waals surface area contributed by atoms with Gasteiger partial charge in [0.05, 0.1) is 12.7 Å². The van der Waals surface area contributed by atoms with Crippen LogP contribution in [0.5, 0.6) is 0 Å². The second-order valence-corrected chi connectivity index (χ2v) is 6.25. The minimum absolute atomic E-state index is 0.0368. The number of rotatable bonds is 1. The topological polar surface area (TPSA) is 77.8 Å². The summed E-state index contributed by atoms with van der Waals surface area (Å²) in [7, 11) is 1.59. The van der Waals surface area contributed by atoms with E-state index in [2.05, 4.69) is 0 Å². The highest BCUT2D eigenvalue weighted by Crippen LogP contribution is 2.51. The summed E-state index contributed by atoms with van der Waals surface area (Å²) in [5.41, 5.74) is 0. The number of piperidine rings is 1. The first kappa shape index (κ1) is 13.1. The highest BCUT2D eigenvalue weighted by Gasteiger charge is 2.58. The number of hydrogen-bond donors (Lipinski definition) is 2. The fraction of sp³-hybridized carbons (Fsp3) is 0.857. The van der Waals surface area contributed by atoms with E-state index in [1.807, 2.05) is 0 Å². The van der Waals surface area contributed by atoms with Gasteiger partial charge < -0.3 is 15.1 Å². The van der Waals surface area contributed by atoms with Gasteiger partial charge in [0.15, 0.2) is 5.78 Å². The molecule has 1 amide bonds. The van der Waals surface area contributed by atoms with Crippen molar-refractivity contribution >= 4 is 11.7 Å². The summed E-state index contributed by atoms with van der Waals surface area (Å²) < 4.78 is 0. The van der Waals surface area contributed by atoms with Crippen LogP contribution in [0.3, 0.4) is 0 Å². The van der Waals surface area contributed by atoms with Gasteiger partial charge in [-0.2, -0.15) is 0 Å². The molecule has 5 heteroatoms. The van der Waals surface area contributed by atoms with Crippen molar-refractivity contribution < 1.29 is 19.8 Å². The number of likely N-dealkylation sites (tertiary alicyclic amines) is 1. The van der Waals surface area contributed by atoms with E-state index in [9.17, 15) is 19.8 Å². The van der Waals surface area contributed by atoms with Gasteiger partial charge in [-0.25, -0.2) is 0 Å². The van der Waals surface area contributed by atoms with Crippen molar-refractivity contribution in [1.82, 2.24) is 4.90 Å². The molecule has 1 aliphatic heterocycles. The molecule has 0 aromatic carbocycles. The zero-order chi connectivity index (χ0) is 13.7. The molecule has 2 saturated carbocycles. The molecule has 19 heavy (non-hydrogen) atoms. The molecule has 2 N–H and O–H groups in total. The third-order valence-corrected chi connectivity index (χ3v) is 5.43. The lowest BCUT2D eigenvalue weighted by Crippen LogP contribution is -2.57. The van der Waals surface area contributed by atoms with Crippen molar-refractivity contribution in [2.75, 3.05) is 13.7 Å². The number of aliphatic hydroxyl groups excluding tert-OH is 2. The first-order chi connectivity index (χ1) is 9.06. The predicted octanol–water partition coefficient (Wildman–Crippen LogP) is -0.198. The lowest BCUT2D eigenvalue weighted by atomic mass is 9.72. The van der Waals surface area contributed by atoms with Gasteiger partial charge in [0.25, 0.3) is 0 Å². The molecular weight excluding hydrogens is 246 g/mol. The zero-order valence-electron chi connectivity index (χ0n) is 11.2. The largest absolute Gasteiger partial charge is 0.394 e. The molecular formula is C14H21NO4. The monoisotopic (exact) mass is 267 g/mol. The third kappa shape index (κ3) is 1.75. The number of nitrogens with zero attached hydrogens (tertiary/aromatic N) is 1. The molecule has 3 rings (SSSR count). The van der Waals surface area contributed by atoms with Crippen LogP contribution >= 0.6 is 0 Å². The quantitative estimate of drug-likeness (QED) is 0.690. The summed E-state index contributed by atoms with van der Waals surface area (Å²) in [6, 6.07) is -0.721. The van der Waals surface area contributed by atoms with Crippen molar-refractivity contribution in [3.8, 4) is 0 Å². The van der Waals surface area contributed by atoms with Crippen LogP contribution in [0, 0.1) is 23.7 Å². The Bertz CT molecular complexity index is 410. The number of likely N-dealkylation sites (N-methyl/N-ethyl adjacent to an activating group) is 1. The lowest BCUT2D eigenvalue weighted by Gasteiger charge is -2.40. The van der Waals surface area contributed by atoms with E-state index < -0.39 is 12.1 Å². The number of carbonyl (C=O) groups excluding carboxylic acids is 2. The van der Waals surface area contributed by atoms with Crippen molar-refractivity contribution in [1.29, 1.82) is 0 Å². The Balaban J connectivity index is 1.95. The molecule has 0 radical (unpaired) electrons. The van der Waals surface area contributed by atoms with Crippen LogP contribution < -0.4 is 0 Å². The number of fused-ring (bicyclic) bond motifs is 3. The summed E-state index contributed by atoms with van der Waals surface area (Å²) in [5, 5.41) is 19.6. The Kier molecular flexibility index (Phi) is 3.14. The number of aliphatic hydroxyl groups is 2. The van der Waals surface area contributed by atoms with E-state index in [4.69, 9.17) is 0 Å². The van der Waals surface area contributed by atoms with Crippen LogP contribution in [0.1, 0.15) is 25.7 Å². The Hall–Kier alpha value is -0.940. The molecule has 1 saturated heterocycles. The van der Waals surface area contributed by atoms with Crippen LogP contribution in [0.2, 0.25) is 0 Å². The summed E-state index contributed by atoms with van der Waals surface area (Å²) in [4.78, 5) is 26.3. The average Bonchev–Trinajstić information content (AvgIpc) is 2.78. The smallest absolute Gasteiger partial charge is 0.226 e. The number of carbonyl (C=O) groups is 2. The van der Waals surface area contributed by atoms with Crippen LogP contribution in [-0.2, 0) is 9.59 Å². The molecule has 6 unspecified atom stereocenters. The minimum atomic E-state index is -0.721. The molecule has 5 nitrogen and oxygen atoms in total. The maximum absolute atomic E-state index is 12.5. The molecule has 0 aromatic rings. The maximum Gasteiger partial charge on any atom is 0.226 e. The SMILES string of the molecule is CN1C(=O)C2CC3CCCC(O)C3C2C(=O)C1CO. The van der Waals surface area contributed by atoms with E-state index in [1.165, 1.54) is 4.90 Å². The fourth-order valence-corrected chi connectivity index (χ4v) is 4.52. The van der Waals surface area contributed by atoms with Crippen molar-refractivity contribution in [3.63, 3.8) is 0 Å². The lowest BCUT2D eigenvalue weighted by molar-refractivity contribution is -0.156. The molecule has 106 valence electrons. The first-order valence-electron chi connectivity index (χ1n) is 7.15. The summed E-state index contributed by atoms with van der Waals surface area (Å²) in [6.07, 6.45) is 2.96. The van der Waals surface area contributed by atoms with Gasteiger partial charge in [0, 0.05) is 18.9 Å². The highest BCUT2D eigenvalue weighted by molar-refractivity contribution is 5.99. The van der Waals surface area contributed by atoms with Gasteiger partial charge in [-0.1, -0.05) is 6.42 Å². The number of ketones is 1. The van der Waals surface area contributed by atoms with E-state index in [0.29, 0.717) is 0 Å². The van der Waals surface area contributed by atoms with Gasteiger partial charge in [0.2, 0.25) is 5.91 Å².